The van der Waals surface area contributed by atoms with E-state index in [4.69, 9.17) is 5.41 Å². The summed E-state index contributed by atoms with van der Waals surface area (Å²) in [5, 5.41) is 7.75. The highest BCUT2D eigenvalue weighted by Gasteiger charge is 2.25. The fourth-order valence-corrected chi connectivity index (χ4v) is 3.00. The Labute approximate surface area is 122 Å². The van der Waals surface area contributed by atoms with Crippen LogP contribution in [0.3, 0.4) is 0 Å². The molecule has 1 aliphatic carbocycles. The average Bonchev–Trinajstić information content (AvgIpc) is 2.64. The Bertz CT molecular complexity index is 622. The third kappa shape index (κ3) is 2.37. The molecule has 0 amide bonds. The Morgan fingerprint density at radius 3 is 2.15 bits per heavy atom. The normalized spacial score (nSPS) is 16.1. The van der Waals surface area contributed by atoms with Gasteiger partial charge < -0.3 is 5.41 Å². The van der Waals surface area contributed by atoms with Gasteiger partial charge in [0.25, 0.3) is 0 Å². The summed E-state index contributed by atoms with van der Waals surface area (Å²) in [5.41, 5.74) is 9.42. The lowest BCUT2D eigenvalue weighted by molar-refractivity contribution is 0.588. The van der Waals surface area contributed by atoms with Crippen molar-refractivity contribution >= 4 is 11.8 Å². The van der Waals surface area contributed by atoms with E-state index >= 15 is 0 Å². The number of hydrogen-bond donors (Lipinski definition) is 1. The van der Waals surface area contributed by atoms with Gasteiger partial charge in [-0.1, -0.05) is 44.5 Å². The second-order valence-corrected chi connectivity index (χ2v) is 6.85. The Morgan fingerprint density at radius 1 is 1.05 bits per heavy atom. The average molecular weight is 267 g/mol. The number of allylic oxidation sites excluding steroid dienone is 4. The minimum atomic E-state index is 0.0893. The lowest BCUT2D eigenvalue weighted by atomic mass is 9.79. The second-order valence-electron chi connectivity index (χ2n) is 6.85. The minimum Gasteiger partial charge on any atom is -0.308 e. The molecule has 0 fully saturated rings. The number of benzene rings is 1. The summed E-state index contributed by atoms with van der Waals surface area (Å²) in [7, 11) is 0. The fraction of sp³-hybridized carbons (Fsp3) is 0.421. The molecule has 2 rings (SSSR count). The van der Waals surface area contributed by atoms with Gasteiger partial charge in [-0.05, 0) is 66.0 Å². The standard InChI is InChI=1S/C19H25N/c1-12-10-16(14(3)13(12)2)18-15(11-20)8-7-9-17(18)19(4,5)6/h7-9,11,20H,10H2,1-6H3. The predicted octanol–water partition coefficient (Wildman–Crippen LogP) is 5.50. The van der Waals surface area contributed by atoms with E-state index in [1.54, 1.807) is 0 Å². The van der Waals surface area contributed by atoms with Crippen molar-refractivity contribution in [3.05, 3.63) is 51.6 Å². The maximum Gasteiger partial charge on any atom is 0.0256 e. The van der Waals surface area contributed by atoms with Gasteiger partial charge in [-0.2, -0.15) is 0 Å². The zero-order valence-corrected chi connectivity index (χ0v) is 13.5. The van der Waals surface area contributed by atoms with Crippen molar-refractivity contribution in [1.82, 2.24) is 0 Å². The van der Waals surface area contributed by atoms with Gasteiger partial charge >= 0.3 is 0 Å². The van der Waals surface area contributed by atoms with Crippen molar-refractivity contribution in [3.8, 4) is 0 Å². The van der Waals surface area contributed by atoms with E-state index < -0.39 is 0 Å². The summed E-state index contributed by atoms with van der Waals surface area (Å²) >= 11 is 0. The summed E-state index contributed by atoms with van der Waals surface area (Å²) in [4.78, 5) is 0. The lowest BCUT2D eigenvalue weighted by Gasteiger charge is -2.25. The van der Waals surface area contributed by atoms with Gasteiger partial charge in [-0.15, -0.1) is 0 Å². The first-order valence-electron chi connectivity index (χ1n) is 7.28. The summed E-state index contributed by atoms with van der Waals surface area (Å²) in [5.74, 6) is 0. The van der Waals surface area contributed by atoms with E-state index in [0.29, 0.717) is 0 Å². The van der Waals surface area contributed by atoms with Crippen LogP contribution in [-0.4, -0.2) is 6.21 Å². The molecule has 1 nitrogen and oxygen atoms in total. The van der Waals surface area contributed by atoms with Crippen LogP contribution in [0.1, 0.15) is 64.7 Å². The molecule has 0 bridgehead atoms. The maximum absolute atomic E-state index is 7.75. The summed E-state index contributed by atoms with van der Waals surface area (Å²) in [6.07, 6.45) is 2.51. The van der Waals surface area contributed by atoms with Gasteiger partial charge in [-0.25, -0.2) is 0 Å². The first kappa shape index (κ1) is 14.8. The van der Waals surface area contributed by atoms with Gasteiger partial charge in [0.15, 0.2) is 0 Å². The van der Waals surface area contributed by atoms with Crippen LogP contribution in [0.15, 0.2) is 34.9 Å². The van der Waals surface area contributed by atoms with Crippen molar-refractivity contribution < 1.29 is 0 Å². The molecule has 0 aliphatic heterocycles. The summed E-state index contributed by atoms with van der Waals surface area (Å²) < 4.78 is 0. The lowest BCUT2D eigenvalue weighted by Crippen LogP contribution is -2.15. The monoisotopic (exact) mass is 267 g/mol. The van der Waals surface area contributed by atoms with Gasteiger partial charge in [-0.3, -0.25) is 0 Å². The zero-order chi connectivity index (χ0) is 15.1. The van der Waals surface area contributed by atoms with Gasteiger partial charge in [0.1, 0.15) is 0 Å². The molecule has 1 N–H and O–H groups in total. The van der Waals surface area contributed by atoms with Crippen molar-refractivity contribution in [2.75, 3.05) is 0 Å². The van der Waals surface area contributed by atoms with Gasteiger partial charge in [0, 0.05) is 6.21 Å². The van der Waals surface area contributed by atoms with Crippen molar-refractivity contribution in [2.45, 2.75) is 53.4 Å². The summed E-state index contributed by atoms with van der Waals surface area (Å²) in [6, 6.07) is 6.34. The number of hydrogen-bond acceptors (Lipinski definition) is 1. The molecule has 0 atom stereocenters. The molecule has 1 aromatic rings. The molecule has 1 aromatic carbocycles. The van der Waals surface area contributed by atoms with E-state index in [-0.39, 0.29) is 5.41 Å². The number of rotatable bonds is 2. The molecule has 0 radical (unpaired) electrons. The minimum absolute atomic E-state index is 0.0893. The van der Waals surface area contributed by atoms with Crippen LogP contribution in [0.4, 0.5) is 0 Å². The van der Waals surface area contributed by atoms with Crippen LogP contribution in [0.2, 0.25) is 0 Å². The van der Waals surface area contributed by atoms with E-state index in [2.05, 4.69) is 59.7 Å². The van der Waals surface area contributed by atoms with Crippen LogP contribution >= 0.6 is 0 Å². The fourth-order valence-electron chi connectivity index (χ4n) is 3.00. The van der Waals surface area contributed by atoms with Crippen molar-refractivity contribution in [2.24, 2.45) is 0 Å². The first-order chi connectivity index (χ1) is 9.27. The molecule has 106 valence electrons. The molecule has 1 aliphatic rings. The highest BCUT2D eigenvalue weighted by Crippen LogP contribution is 2.42. The quantitative estimate of drug-likeness (QED) is 0.685. The first-order valence-corrected chi connectivity index (χ1v) is 7.28. The third-order valence-corrected chi connectivity index (χ3v) is 4.46. The van der Waals surface area contributed by atoms with Crippen molar-refractivity contribution in [3.63, 3.8) is 0 Å². The highest BCUT2D eigenvalue weighted by molar-refractivity contribution is 5.91. The number of nitrogens with one attached hydrogen (secondary N) is 1. The Hall–Kier alpha value is -1.63. The largest absolute Gasteiger partial charge is 0.308 e. The van der Waals surface area contributed by atoms with Crippen LogP contribution in [0.5, 0.6) is 0 Å². The Kier molecular flexibility index (Phi) is 3.73. The third-order valence-electron chi connectivity index (χ3n) is 4.46. The van der Waals surface area contributed by atoms with Crippen molar-refractivity contribution in [1.29, 1.82) is 5.41 Å². The van der Waals surface area contributed by atoms with Crippen LogP contribution in [0.25, 0.3) is 5.57 Å². The highest BCUT2D eigenvalue weighted by atomic mass is 14.4. The van der Waals surface area contributed by atoms with Gasteiger partial charge in [0.2, 0.25) is 0 Å². The molecule has 20 heavy (non-hydrogen) atoms. The van der Waals surface area contributed by atoms with Crippen LogP contribution in [-0.2, 0) is 5.41 Å². The predicted molar refractivity (Wildman–Crippen MR) is 88.6 cm³/mol. The van der Waals surface area contributed by atoms with E-state index in [1.807, 2.05) is 0 Å². The summed E-state index contributed by atoms with van der Waals surface area (Å²) in [6.45, 7) is 13.4. The SMILES string of the molecule is CC1=C(C)C(C)=C(c2c(C=N)cccc2C(C)(C)C)C1. The molecule has 0 heterocycles. The van der Waals surface area contributed by atoms with E-state index in [9.17, 15) is 0 Å². The van der Waals surface area contributed by atoms with Crippen LogP contribution < -0.4 is 0 Å². The Balaban J connectivity index is 2.72. The molecular formula is C19H25N. The molecule has 0 saturated carbocycles. The smallest absolute Gasteiger partial charge is 0.0256 e. The Morgan fingerprint density at radius 2 is 1.70 bits per heavy atom. The molecule has 1 heteroatoms. The maximum atomic E-state index is 7.75. The van der Waals surface area contributed by atoms with E-state index in [1.165, 1.54) is 39.6 Å². The molecule has 0 aromatic heterocycles. The molecular weight excluding hydrogens is 242 g/mol. The van der Waals surface area contributed by atoms with Gasteiger partial charge in [0.05, 0.1) is 0 Å². The molecule has 0 spiro atoms. The van der Waals surface area contributed by atoms with Crippen LogP contribution in [0, 0.1) is 5.41 Å². The second kappa shape index (κ2) is 5.05. The van der Waals surface area contributed by atoms with E-state index in [0.717, 1.165) is 12.0 Å². The molecule has 0 unspecified atom stereocenters. The zero-order valence-electron chi connectivity index (χ0n) is 13.5. The molecule has 0 saturated heterocycles. The topological polar surface area (TPSA) is 23.9 Å².